The normalized spacial score (nSPS) is 33.3. The molecule has 0 aromatic heterocycles. The van der Waals surface area contributed by atoms with Crippen LogP contribution in [-0.4, -0.2) is 40.5 Å². The molecule has 2 unspecified atom stereocenters. The molecule has 5 nitrogen and oxygen atoms in total. The molecule has 0 aromatic rings. The third-order valence-corrected chi connectivity index (χ3v) is 3.25. The molecule has 2 aliphatic rings. The second kappa shape index (κ2) is 4.25. The van der Waals surface area contributed by atoms with Gasteiger partial charge in [-0.15, -0.1) is 0 Å². The van der Waals surface area contributed by atoms with E-state index in [1.54, 1.807) is 6.08 Å². The first-order valence-corrected chi connectivity index (χ1v) is 5.57. The molecule has 0 radical (unpaired) electrons. The molecule has 16 heavy (non-hydrogen) atoms. The highest BCUT2D eigenvalue weighted by molar-refractivity contribution is 5.87. The number of carbonyl (C=O) groups is 2. The summed E-state index contributed by atoms with van der Waals surface area (Å²) in [4.78, 5) is 24.5. The van der Waals surface area contributed by atoms with Crippen molar-refractivity contribution in [1.29, 1.82) is 0 Å². The van der Waals surface area contributed by atoms with E-state index in [1.807, 2.05) is 6.08 Å². The smallest absolute Gasteiger partial charge is 0.326 e. The summed E-state index contributed by atoms with van der Waals surface area (Å²) in [6.45, 7) is 0.551. The number of amides is 1. The van der Waals surface area contributed by atoms with Crippen molar-refractivity contribution < 1.29 is 14.7 Å². The Labute approximate surface area is 93.9 Å². The number of aliphatic carboxylic acids is 1. The highest BCUT2D eigenvalue weighted by Gasteiger charge is 2.37. The third kappa shape index (κ3) is 1.95. The van der Waals surface area contributed by atoms with Crippen molar-refractivity contribution in [2.75, 3.05) is 6.54 Å². The monoisotopic (exact) mass is 224 g/mol. The molecule has 5 heteroatoms. The van der Waals surface area contributed by atoms with Crippen LogP contribution in [0.1, 0.15) is 19.3 Å². The first-order chi connectivity index (χ1) is 7.59. The Morgan fingerprint density at radius 2 is 2.12 bits per heavy atom. The Kier molecular flexibility index (Phi) is 2.96. The average molecular weight is 224 g/mol. The number of rotatable bonds is 2. The van der Waals surface area contributed by atoms with Gasteiger partial charge in [-0.05, 0) is 19.3 Å². The topological polar surface area (TPSA) is 83.6 Å². The van der Waals surface area contributed by atoms with Crippen LogP contribution in [0.15, 0.2) is 12.2 Å². The van der Waals surface area contributed by atoms with Crippen molar-refractivity contribution in [1.82, 2.24) is 4.90 Å². The van der Waals surface area contributed by atoms with Crippen LogP contribution in [0, 0.1) is 5.92 Å². The number of carboxylic acids is 1. The number of carbonyl (C=O) groups excluding carboxylic acids is 1. The highest BCUT2D eigenvalue weighted by atomic mass is 16.4. The Bertz CT molecular complexity index is 340. The molecule has 1 aliphatic heterocycles. The fourth-order valence-corrected chi connectivity index (χ4v) is 2.41. The van der Waals surface area contributed by atoms with Crippen molar-refractivity contribution in [3.8, 4) is 0 Å². The van der Waals surface area contributed by atoms with E-state index in [0.717, 1.165) is 6.42 Å². The molecular formula is C11H16N2O3. The first-order valence-electron chi connectivity index (χ1n) is 5.57. The summed E-state index contributed by atoms with van der Waals surface area (Å²) in [5, 5.41) is 8.99. The van der Waals surface area contributed by atoms with E-state index in [1.165, 1.54) is 4.90 Å². The van der Waals surface area contributed by atoms with E-state index in [-0.39, 0.29) is 17.9 Å². The van der Waals surface area contributed by atoms with E-state index >= 15 is 0 Å². The SMILES string of the molecule is NC1C=CC(C(=O)N2CCC[C@H]2C(=O)O)C1. The molecule has 0 bridgehead atoms. The van der Waals surface area contributed by atoms with Gasteiger partial charge >= 0.3 is 5.97 Å². The second-order valence-electron chi connectivity index (χ2n) is 4.42. The summed E-state index contributed by atoms with van der Waals surface area (Å²) >= 11 is 0. The van der Waals surface area contributed by atoms with Crippen LogP contribution in [0.5, 0.6) is 0 Å². The van der Waals surface area contributed by atoms with Crippen LogP contribution >= 0.6 is 0 Å². The zero-order valence-corrected chi connectivity index (χ0v) is 9.00. The number of carboxylic acid groups (broad SMARTS) is 1. The predicted molar refractivity (Wildman–Crippen MR) is 57.6 cm³/mol. The maximum Gasteiger partial charge on any atom is 0.326 e. The molecule has 1 amide bonds. The van der Waals surface area contributed by atoms with Crippen molar-refractivity contribution in [2.24, 2.45) is 11.7 Å². The summed E-state index contributed by atoms with van der Waals surface area (Å²) in [6, 6.07) is -0.711. The lowest BCUT2D eigenvalue weighted by Gasteiger charge is -2.24. The molecule has 3 N–H and O–H groups in total. The molecular weight excluding hydrogens is 208 g/mol. The number of nitrogens with two attached hydrogens (primary N) is 1. The van der Waals surface area contributed by atoms with Crippen LogP contribution in [0.2, 0.25) is 0 Å². The lowest BCUT2D eigenvalue weighted by Crippen LogP contribution is -2.43. The Morgan fingerprint density at radius 1 is 1.38 bits per heavy atom. The quantitative estimate of drug-likeness (QED) is 0.645. The summed E-state index contributed by atoms with van der Waals surface area (Å²) in [5.41, 5.74) is 5.68. The van der Waals surface area contributed by atoms with E-state index in [9.17, 15) is 9.59 Å². The van der Waals surface area contributed by atoms with Crippen LogP contribution in [0.4, 0.5) is 0 Å². The minimum Gasteiger partial charge on any atom is -0.480 e. The Hall–Kier alpha value is -1.36. The second-order valence-corrected chi connectivity index (χ2v) is 4.42. The number of likely N-dealkylation sites (tertiary alicyclic amines) is 1. The maximum absolute atomic E-state index is 12.1. The van der Waals surface area contributed by atoms with Crippen molar-refractivity contribution in [3.63, 3.8) is 0 Å². The summed E-state index contributed by atoms with van der Waals surface area (Å²) in [7, 11) is 0. The highest BCUT2D eigenvalue weighted by Crippen LogP contribution is 2.25. The van der Waals surface area contributed by atoms with E-state index in [2.05, 4.69) is 0 Å². The van der Waals surface area contributed by atoms with E-state index < -0.39 is 12.0 Å². The Balaban J connectivity index is 2.04. The fraction of sp³-hybridized carbons (Fsp3) is 0.636. The van der Waals surface area contributed by atoms with Gasteiger partial charge in [0.2, 0.25) is 5.91 Å². The number of nitrogens with zero attached hydrogens (tertiary/aromatic N) is 1. The van der Waals surface area contributed by atoms with Gasteiger partial charge in [-0.3, -0.25) is 4.79 Å². The van der Waals surface area contributed by atoms with Crippen molar-refractivity contribution >= 4 is 11.9 Å². The van der Waals surface area contributed by atoms with Gasteiger partial charge in [0.1, 0.15) is 6.04 Å². The van der Waals surface area contributed by atoms with Gasteiger partial charge in [-0.2, -0.15) is 0 Å². The number of hydrogen-bond donors (Lipinski definition) is 2. The van der Waals surface area contributed by atoms with E-state index in [4.69, 9.17) is 10.8 Å². The minimum absolute atomic E-state index is 0.0696. The van der Waals surface area contributed by atoms with Crippen LogP contribution in [-0.2, 0) is 9.59 Å². The van der Waals surface area contributed by atoms with Crippen molar-refractivity contribution in [3.05, 3.63) is 12.2 Å². The van der Waals surface area contributed by atoms with E-state index in [0.29, 0.717) is 19.4 Å². The lowest BCUT2D eigenvalue weighted by atomic mass is 10.1. The Morgan fingerprint density at radius 3 is 2.69 bits per heavy atom. The molecule has 1 aliphatic carbocycles. The van der Waals surface area contributed by atoms with Gasteiger partial charge in [0, 0.05) is 12.6 Å². The zero-order chi connectivity index (χ0) is 11.7. The fourth-order valence-electron chi connectivity index (χ4n) is 2.41. The molecule has 0 saturated carbocycles. The molecule has 1 heterocycles. The molecule has 2 rings (SSSR count). The minimum atomic E-state index is -0.905. The van der Waals surface area contributed by atoms with Crippen LogP contribution in [0.3, 0.4) is 0 Å². The first kappa shape index (κ1) is 11.1. The zero-order valence-electron chi connectivity index (χ0n) is 9.00. The standard InChI is InChI=1S/C11H16N2O3/c12-8-4-3-7(6-8)10(14)13-5-1-2-9(13)11(15)16/h3-4,7-9H,1-2,5-6,12H2,(H,15,16)/t7?,8?,9-/m0/s1. The maximum atomic E-state index is 12.1. The van der Waals surface area contributed by atoms with Gasteiger partial charge in [0.25, 0.3) is 0 Å². The average Bonchev–Trinajstić information content (AvgIpc) is 2.84. The van der Waals surface area contributed by atoms with Gasteiger partial charge < -0.3 is 15.7 Å². The largest absolute Gasteiger partial charge is 0.480 e. The van der Waals surface area contributed by atoms with Crippen LogP contribution < -0.4 is 5.73 Å². The van der Waals surface area contributed by atoms with Gasteiger partial charge in [-0.25, -0.2) is 4.79 Å². The summed E-state index contributed by atoms with van der Waals surface area (Å²) < 4.78 is 0. The van der Waals surface area contributed by atoms with Gasteiger partial charge in [-0.1, -0.05) is 12.2 Å². The summed E-state index contributed by atoms with van der Waals surface area (Å²) in [6.07, 6.45) is 5.54. The molecule has 1 fully saturated rings. The molecule has 3 atom stereocenters. The lowest BCUT2D eigenvalue weighted by molar-refractivity contribution is -0.149. The molecule has 88 valence electrons. The molecule has 0 aromatic carbocycles. The molecule has 1 saturated heterocycles. The predicted octanol–water partition coefficient (Wildman–Crippen LogP) is -0.0346. The third-order valence-electron chi connectivity index (χ3n) is 3.25. The van der Waals surface area contributed by atoms with Gasteiger partial charge in [0.15, 0.2) is 0 Å². The number of hydrogen-bond acceptors (Lipinski definition) is 3. The van der Waals surface area contributed by atoms with Gasteiger partial charge in [0.05, 0.1) is 5.92 Å². The van der Waals surface area contributed by atoms with Crippen molar-refractivity contribution in [2.45, 2.75) is 31.3 Å². The summed E-state index contributed by atoms with van der Waals surface area (Å²) in [5.74, 6) is -1.22. The molecule has 0 spiro atoms. The van der Waals surface area contributed by atoms with Crippen LogP contribution in [0.25, 0.3) is 0 Å².